The van der Waals surface area contributed by atoms with Gasteiger partial charge in [0.1, 0.15) is 0 Å². The SMILES string of the molecule is CC(C)c1cnn(CC2(O)CCCCC2)c1. The Labute approximate surface area is 97.5 Å². The average Bonchev–Trinajstić information content (AvgIpc) is 2.66. The predicted molar refractivity (Wildman–Crippen MR) is 64.4 cm³/mol. The van der Waals surface area contributed by atoms with Crippen molar-refractivity contribution < 1.29 is 5.11 Å². The second-order valence-corrected chi connectivity index (χ2v) is 5.41. The van der Waals surface area contributed by atoms with Crippen LogP contribution in [-0.4, -0.2) is 20.5 Å². The van der Waals surface area contributed by atoms with Crippen LogP contribution in [0.25, 0.3) is 0 Å². The summed E-state index contributed by atoms with van der Waals surface area (Å²) in [6.07, 6.45) is 9.38. The third-order valence-corrected chi connectivity index (χ3v) is 3.56. The molecule has 2 rings (SSSR count). The van der Waals surface area contributed by atoms with Crippen molar-refractivity contribution in [2.24, 2.45) is 0 Å². The Bertz CT molecular complexity index is 337. The Hall–Kier alpha value is -0.830. The van der Waals surface area contributed by atoms with E-state index in [4.69, 9.17) is 0 Å². The molecule has 1 aliphatic carbocycles. The lowest BCUT2D eigenvalue weighted by Gasteiger charge is -2.31. The Morgan fingerprint density at radius 2 is 2.06 bits per heavy atom. The fraction of sp³-hybridized carbons (Fsp3) is 0.769. The van der Waals surface area contributed by atoms with Gasteiger partial charge in [0.25, 0.3) is 0 Å². The van der Waals surface area contributed by atoms with Crippen LogP contribution in [0.15, 0.2) is 12.4 Å². The van der Waals surface area contributed by atoms with Gasteiger partial charge in [-0.3, -0.25) is 4.68 Å². The molecule has 1 heterocycles. The molecule has 16 heavy (non-hydrogen) atoms. The van der Waals surface area contributed by atoms with Crippen LogP contribution in [0, 0.1) is 0 Å². The fourth-order valence-electron chi connectivity index (χ4n) is 2.43. The van der Waals surface area contributed by atoms with Crippen molar-refractivity contribution in [1.29, 1.82) is 0 Å². The topological polar surface area (TPSA) is 38.0 Å². The van der Waals surface area contributed by atoms with E-state index in [-0.39, 0.29) is 0 Å². The van der Waals surface area contributed by atoms with Gasteiger partial charge in [-0.2, -0.15) is 5.10 Å². The summed E-state index contributed by atoms with van der Waals surface area (Å²) in [4.78, 5) is 0. The third-order valence-electron chi connectivity index (χ3n) is 3.56. The molecule has 0 aromatic carbocycles. The molecule has 1 aromatic heterocycles. The summed E-state index contributed by atoms with van der Waals surface area (Å²) in [6, 6.07) is 0. The second kappa shape index (κ2) is 4.58. The maximum absolute atomic E-state index is 10.4. The zero-order valence-corrected chi connectivity index (χ0v) is 10.3. The minimum absolute atomic E-state index is 0.509. The Balaban J connectivity index is 2.02. The molecule has 3 heteroatoms. The van der Waals surface area contributed by atoms with Crippen LogP contribution in [0.5, 0.6) is 0 Å². The first-order valence-electron chi connectivity index (χ1n) is 6.34. The highest BCUT2D eigenvalue weighted by atomic mass is 16.3. The maximum atomic E-state index is 10.4. The van der Waals surface area contributed by atoms with Gasteiger partial charge in [0.15, 0.2) is 0 Å². The summed E-state index contributed by atoms with van der Waals surface area (Å²) >= 11 is 0. The number of nitrogens with zero attached hydrogens (tertiary/aromatic N) is 2. The molecule has 0 bridgehead atoms. The minimum atomic E-state index is -0.515. The standard InChI is InChI=1S/C13H22N2O/c1-11(2)12-8-14-15(9-12)10-13(16)6-4-3-5-7-13/h8-9,11,16H,3-7,10H2,1-2H3. The van der Waals surface area contributed by atoms with E-state index in [1.807, 2.05) is 10.9 Å². The van der Waals surface area contributed by atoms with E-state index in [2.05, 4.69) is 25.1 Å². The minimum Gasteiger partial charge on any atom is -0.388 e. The van der Waals surface area contributed by atoms with Crippen molar-refractivity contribution in [1.82, 2.24) is 9.78 Å². The van der Waals surface area contributed by atoms with Crippen LogP contribution in [0.4, 0.5) is 0 Å². The Morgan fingerprint density at radius 1 is 1.38 bits per heavy atom. The van der Waals surface area contributed by atoms with Crippen LogP contribution < -0.4 is 0 Å². The van der Waals surface area contributed by atoms with Gasteiger partial charge in [-0.1, -0.05) is 33.1 Å². The van der Waals surface area contributed by atoms with Crippen molar-refractivity contribution in [2.75, 3.05) is 0 Å². The highest BCUT2D eigenvalue weighted by Crippen LogP contribution is 2.29. The number of rotatable bonds is 3. The molecule has 1 saturated carbocycles. The average molecular weight is 222 g/mol. The molecular formula is C13H22N2O. The maximum Gasteiger partial charge on any atom is 0.0842 e. The molecule has 90 valence electrons. The van der Waals surface area contributed by atoms with E-state index in [1.165, 1.54) is 12.0 Å². The van der Waals surface area contributed by atoms with Gasteiger partial charge < -0.3 is 5.11 Å². The predicted octanol–water partition coefficient (Wildman–Crippen LogP) is 2.70. The highest BCUT2D eigenvalue weighted by Gasteiger charge is 2.29. The van der Waals surface area contributed by atoms with Gasteiger partial charge in [0.05, 0.1) is 18.3 Å². The summed E-state index contributed by atoms with van der Waals surface area (Å²) in [6.45, 7) is 4.98. The largest absolute Gasteiger partial charge is 0.388 e. The first-order valence-corrected chi connectivity index (χ1v) is 6.34. The molecule has 1 aliphatic rings. The third kappa shape index (κ3) is 2.64. The van der Waals surface area contributed by atoms with E-state index in [0.29, 0.717) is 12.5 Å². The van der Waals surface area contributed by atoms with Gasteiger partial charge in [0.2, 0.25) is 0 Å². The normalized spacial score (nSPS) is 20.2. The van der Waals surface area contributed by atoms with E-state index in [9.17, 15) is 5.11 Å². The first-order chi connectivity index (χ1) is 7.59. The lowest BCUT2D eigenvalue weighted by molar-refractivity contribution is -0.0142. The zero-order chi connectivity index (χ0) is 11.6. The van der Waals surface area contributed by atoms with Crippen molar-refractivity contribution in [3.63, 3.8) is 0 Å². The van der Waals surface area contributed by atoms with Gasteiger partial charge >= 0.3 is 0 Å². The monoisotopic (exact) mass is 222 g/mol. The summed E-state index contributed by atoms with van der Waals surface area (Å²) in [5, 5.41) is 14.7. The van der Waals surface area contributed by atoms with Crippen LogP contribution in [0.3, 0.4) is 0 Å². The lowest BCUT2D eigenvalue weighted by atomic mass is 9.85. The number of hydrogen-bond donors (Lipinski definition) is 1. The van der Waals surface area contributed by atoms with E-state index >= 15 is 0 Å². The summed E-state index contributed by atoms with van der Waals surface area (Å²) in [7, 11) is 0. The smallest absolute Gasteiger partial charge is 0.0842 e. The van der Waals surface area contributed by atoms with Crippen molar-refractivity contribution >= 4 is 0 Å². The molecule has 0 aliphatic heterocycles. The fourth-order valence-corrected chi connectivity index (χ4v) is 2.43. The zero-order valence-electron chi connectivity index (χ0n) is 10.3. The van der Waals surface area contributed by atoms with Crippen LogP contribution in [-0.2, 0) is 6.54 Å². The van der Waals surface area contributed by atoms with Gasteiger partial charge in [0, 0.05) is 6.20 Å². The molecule has 0 saturated heterocycles. The number of aliphatic hydroxyl groups is 1. The Morgan fingerprint density at radius 3 is 2.62 bits per heavy atom. The van der Waals surface area contributed by atoms with Crippen molar-refractivity contribution in [2.45, 2.75) is 64.0 Å². The van der Waals surface area contributed by atoms with Gasteiger partial charge in [-0.25, -0.2) is 0 Å². The van der Waals surface area contributed by atoms with Crippen molar-refractivity contribution in [3.05, 3.63) is 18.0 Å². The van der Waals surface area contributed by atoms with Crippen LogP contribution >= 0.6 is 0 Å². The molecule has 0 amide bonds. The first kappa shape index (κ1) is 11.6. The Kier molecular flexibility index (Phi) is 3.33. The van der Waals surface area contributed by atoms with Gasteiger partial charge in [-0.15, -0.1) is 0 Å². The molecule has 0 radical (unpaired) electrons. The van der Waals surface area contributed by atoms with Gasteiger partial charge in [-0.05, 0) is 24.3 Å². The van der Waals surface area contributed by atoms with Crippen molar-refractivity contribution in [3.8, 4) is 0 Å². The number of hydrogen-bond acceptors (Lipinski definition) is 2. The molecule has 1 N–H and O–H groups in total. The highest BCUT2D eigenvalue weighted by molar-refractivity contribution is 5.09. The summed E-state index contributed by atoms with van der Waals surface area (Å²) in [5.74, 6) is 0.509. The molecule has 1 aromatic rings. The molecule has 1 fully saturated rings. The molecule has 0 spiro atoms. The van der Waals surface area contributed by atoms with E-state index < -0.39 is 5.60 Å². The molecule has 0 unspecified atom stereocenters. The quantitative estimate of drug-likeness (QED) is 0.854. The van der Waals surface area contributed by atoms with E-state index in [0.717, 1.165) is 25.7 Å². The molecule has 3 nitrogen and oxygen atoms in total. The molecular weight excluding hydrogens is 200 g/mol. The number of aromatic nitrogens is 2. The molecule has 0 atom stereocenters. The second-order valence-electron chi connectivity index (χ2n) is 5.41. The van der Waals surface area contributed by atoms with E-state index in [1.54, 1.807) is 0 Å². The summed E-state index contributed by atoms with van der Waals surface area (Å²) in [5.41, 5.74) is 0.734. The summed E-state index contributed by atoms with van der Waals surface area (Å²) < 4.78 is 1.90. The lowest BCUT2D eigenvalue weighted by Crippen LogP contribution is -2.36. The van der Waals surface area contributed by atoms with Crippen LogP contribution in [0.1, 0.15) is 57.4 Å². The van der Waals surface area contributed by atoms with Crippen LogP contribution in [0.2, 0.25) is 0 Å².